The van der Waals surface area contributed by atoms with Crippen molar-refractivity contribution in [2.24, 2.45) is 0 Å². The molecule has 21 heavy (non-hydrogen) atoms. The van der Waals surface area contributed by atoms with Crippen LogP contribution in [-0.2, 0) is 19.4 Å². The zero-order valence-corrected chi connectivity index (χ0v) is 12.5. The highest BCUT2D eigenvalue weighted by atomic mass is 15.1. The van der Waals surface area contributed by atoms with E-state index in [0.717, 1.165) is 19.6 Å². The number of hydrogen-bond donors (Lipinski definition) is 1. The van der Waals surface area contributed by atoms with Crippen molar-refractivity contribution < 1.29 is 0 Å². The van der Waals surface area contributed by atoms with Gasteiger partial charge in [-0.15, -0.1) is 0 Å². The van der Waals surface area contributed by atoms with E-state index in [4.69, 9.17) is 0 Å². The first-order valence-electron chi connectivity index (χ1n) is 7.80. The number of pyridine rings is 1. The largest absolute Gasteiger partial charge is 0.311 e. The van der Waals surface area contributed by atoms with Gasteiger partial charge < -0.3 is 10.2 Å². The fourth-order valence-electron chi connectivity index (χ4n) is 2.91. The number of nitrogens with one attached hydrogen (secondary N) is 1. The van der Waals surface area contributed by atoms with Gasteiger partial charge in [0.15, 0.2) is 0 Å². The summed E-state index contributed by atoms with van der Waals surface area (Å²) in [6, 6.07) is 13.0. The smallest absolute Gasteiger partial charge is 0.0312 e. The van der Waals surface area contributed by atoms with Crippen molar-refractivity contribution in [1.82, 2.24) is 15.2 Å². The van der Waals surface area contributed by atoms with Crippen molar-refractivity contribution in [2.75, 3.05) is 26.2 Å². The second kappa shape index (κ2) is 7.34. The number of rotatable bonds is 5. The maximum absolute atomic E-state index is 4.14. The topological polar surface area (TPSA) is 28.2 Å². The fourth-order valence-corrected chi connectivity index (χ4v) is 2.91. The summed E-state index contributed by atoms with van der Waals surface area (Å²) in [5.74, 6) is 0. The molecule has 1 aliphatic rings. The Labute approximate surface area is 127 Å². The molecule has 2 aromatic rings. The summed E-state index contributed by atoms with van der Waals surface area (Å²) >= 11 is 0. The van der Waals surface area contributed by atoms with Gasteiger partial charge >= 0.3 is 0 Å². The number of fused-ring (bicyclic) bond motifs is 1. The summed E-state index contributed by atoms with van der Waals surface area (Å²) in [5, 5.41) is 3.51. The van der Waals surface area contributed by atoms with Crippen LogP contribution < -0.4 is 5.32 Å². The summed E-state index contributed by atoms with van der Waals surface area (Å²) in [6.07, 6.45) is 6.10. The molecule has 2 heterocycles. The lowest BCUT2D eigenvalue weighted by Gasteiger charge is -2.19. The summed E-state index contributed by atoms with van der Waals surface area (Å²) in [6.45, 7) is 5.40. The first-order valence-corrected chi connectivity index (χ1v) is 7.80. The van der Waals surface area contributed by atoms with E-state index in [9.17, 15) is 0 Å². The minimum atomic E-state index is 0.905. The molecule has 0 radical (unpaired) electrons. The van der Waals surface area contributed by atoms with E-state index in [1.165, 1.54) is 42.6 Å². The van der Waals surface area contributed by atoms with Crippen molar-refractivity contribution >= 4 is 0 Å². The first-order chi connectivity index (χ1) is 10.4. The van der Waals surface area contributed by atoms with Crippen molar-refractivity contribution in [2.45, 2.75) is 19.4 Å². The van der Waals surface area contributed by atoms with Crippen LogP contribution in [0.4, 0.5) is 0 Å². The zero-order chi connectivity index (χ0) is 14.3. The van der Waals surface area contributed by atoms with E-state index in [1.807, 2.05) is 18.5 Å². The van der Waals surface area contributed by atoms with Gasteiger partial charge in [0.05, 0.1) is 0 Å². The Bertz CT molecular complexity index is 526. The van der Waals surface area contributed by atoms with Crippen LogP contribution in [0, 0.1) is 0 Å². The zero-order valence-electron chi connectivity index (χ0n) is 12.5. The molecule has 1 aromatic heterocycles. The van der Waals surface area contributed by atoms with Crippen molar-refractivity contribution in [3.8, 4) is 0 Å². The van der Waals surface area contributed by atoms with Crippen LogP contribution in [-0.4, -0.2) is 36.1 Å². The summed E-state index contributed by atoms with van der Waals surface area (Å²) < 4.78 is 0. The molecule has 3 heteroatoms. The van der Waals surface area contributed by atoms with E-state index < -0.39 is 0 Å². The average molecular weight is 281 g/mol. The molecule has 3 rings (SSSR count). The summed E-state index contributed by atoms with van der Waals surface area (Å²) in [5.41, 5.74) is 4.31. The molecular formula is C18H23N3. The normalized spacial score (nSPS) is 15.4. The molecule has 1 N–H and O–H groups in total. The Kier molecular flexibility index (Phi) is 4.98. The molecule has 0 aliphatic carbocycles. The van der Waals surface area contributed by atoms with Crippen LogP contribution in [0.5, 0.6) is 0 Å². The van der Waals surface area contributed by atoms with E-state index in [-0.39, 0.29) is 0 Å². The number of aromatic nitrogens is 1. The molecule has 1 aromatic carbocycles. The Hall–Kier alpha value is -1.71. The molecule has 0 spiro atoms. The lowest BCUT2D eigenvalue weighted by molar-refractivity contribution is 0.286. The second-order valence-electron chi connectivity index (χ2n) is 5.65. The van der Waals surface area contributed by atoms with Gasteiger partial charge in [-0.2, -0.15) is 0 Å². The molecule has 0 fully saturated rings. The Morgan fingerprint density at radius 1 is 1.00 bits per heavy atom. The minimum Gasteiger partial charge on any atom is -0.311 e. The molecule has 0 amide bonds. The van der Waals surface area contributed by atoms with E-state index in [2.05, 4.69) is 45.5 Å². The Balaban J connectivity index is 1.41. The van der Waals surface area contributed by atoms with Crippen LogP contribution in [0.25, 0.3) is 0 Å². The molecule has 0 bridgehead atoms. The maximum atomic E-state index is 4.14. The van der Waals surface area contributed by atoms with Gasteiger partial charge in [0, 0.05) is 45.1 Å². The van der Waals surface area contributed by atoms with Gasteiger partial charge in [0.25, 0.3) is 0 Å². The molecule has 1 aliphatic heterocycles. The number of hydrogen-bond acceptors (Lipinski definition) is 3. The average Bonchev–Trinajstić information content (AvgIpc) is 2.75. The van der Waals surface area contributed by atoms with Crippen LogP contribution >= 0.6 is 0 Å². The quantitative estimate of drug-likeness (QED) is 0.852. The van der Waals surface area contributed by atoms with Crippen LogP contribution in [0.1, 0.15) is 16.7 Å². The number of benzene rings is 1. The van der Waals surface area contributed by atoms with E-state index in [0.29, 0.717) is 0 Å². The van der Waals surface area contributed by atoms with Crippen molar-refractivity contribution in [1.29, 1.82) is 0 Å². The van der Waals surface area contributed by atoms with Gasteiger partial charge in [-0.25, -0.2) is 0 Å². The van der Waals surface area contributed by atoms with Gasteiger partial charge in [0.2, 0.25) is 0 Å². The minimum absolute atomic E-state index is 0.905. The van der Waals surface area contributed by atoms with Crippen LogP contribution in [0.2, 0.25) is 0 Å². The SMILES string of the molecule is c1cncc(CNCCN2CCc3ccccc3CC2)c1. The molecule has 3 nitrogen and oxygen atoms in total. The highest BCUT2D eigenvalue weighted by Gasteiger charge is 2.12. The fraction of sp³-hybridized carbons (Fsp3) is 0.389. The third kappa shape index (κ3) is 4.13. The molecule has 0 saturated heterocycles. The monoisotopic (exact) mass is 281 g/mol. The second-order valence-corrected chi connectivity index (χ2v) is 5.65. The van der Waals surface area contributed by atoms with Gasteiger partial charge in [-0.05, 0) is 35.6 Å². The lowest BCUT2D eigenvalue weighted by Crippen LogP contribution is -2.33. The predicted molar refractivity (Wildman–Crippen MR) is 86.2 cm³/mol. The number of nitrogens with zero attached hydrogens (tertiary/aromatic N) is 2. The Morgan fingerprint density at radius 3 is 2.43 bits per heavy atom. The third-order valence-electron chi connectivity index (χ3n) is 4.17. The highest BCUT2D eigenvalue weighted by Crippen LogP contribution is 2.15. The van der Waals surface area contributed by atoms with Crippen LogP contribution in [0.15, 0.2) is 48.8 Å². The van der Waals surface area contributed by atoms with Crippen LogP contribution in [0.3, 0.4) is 0 Å². The Morgan fingerprint density at radius 2 is 1.76 bits per heavy atom. The molecule has 0 unspecified atom stereocenters. The first kappa shape index (κ1) is 14.2. The lowest BCUT2D eigenvalue weighted by atomic mass is 10.0. The summed E-state index contributed by atoms with van der Waals surface area (Å²) in [4.78, 5) is 6.70. The van der Waals surface area contributed by atoms with Gasteiger partial charge in [0.1, 0.15) is 0 Å². The third-order valence-corrected chi connectivity index (χ3v) is 4.17. The molecule has 110 valence electrons. The molecular weight excluding hydrogens is 258 g/mol. The van der Waals surface area contributed by atoms with E-state index in [1.54, 1.807) is 0 Å². The van der Waals surface area contributed by atoms with Gasteiger partial charge in [-0.1, -0.05) is 30.3 Å². The predicted octanol–water partition coefficient (Wildman–Crippen LogP) is 2.27. The van der Waals surface area contributed by atoms with E-state index >= 15 is 0 Å². The standard InChI is InChI=1S/C18H23N3/c1-2-6-18-8-12-21(11-7-17(18)5-1)13-10-20-15-16-4-3-9-19-14-16/h1-6,9,14,20H,7-8,10-13,15H2. The summed E-state index contributed by atoms with van der Waals surface area (Å²) in [7, 11) is 0. The van der Waals surface area contributed by atoms with Crippen molar-refractivity contribution in [3.63, 3.8) is 0 Å². The molecule has 0 atom stereocenters. The highest BCUT2D eigenvalue weighted by molar-refractivity contribution is 5.28. The van der Waals surface area contributed by atoms with Gasteiger partial charge in [-0.3, -0.25) is 4.98 Å². The maximum Gasteiger partial charge on any atom is 0.0312 e. The van der Waals surface area contributed by atoms with Crippen molar-refractivity contribution in [3.05, 3.63) is 65.5 Å². The molecule has 0 saturated carbocycles.